The Kier molecular flexibility index (Phi) is 3.70. The van der Waals surface area contributed by atoms with Crippen LogP contribution in [0.3, 0.4) is 0 Å². The fourth-order valence-corrected chi connectivity index (χ4v) is 1.22. The minimum absolute atomic E-state index is 0.155. The molecule has 0 unspecified atom stereocenters. The first kappa shape index (κ1) is 11.5. The van der Waals surface area contributed by atoms with Crippen LogP contribution in [0.25, 0.3) is 0 Å². The van der Waals surface area contributed by atoms with E-state index in [1.165, 1.54) is 12.1 Å². The van der Waals surface area contributed by atoms with E-state index in [4.69, 9.17) is 10.8 Å². The van der Waals surface area contributed by atoms with E-state index in [-0.39, 0.29) is 24.3 Å². The predicted octanol–water partition coefficient (Wildman–Crippen LogP) is 1.12. The number of nitro groups is 1. The molecule has 82 valence electrons. The molecule has 15 heavy (non-hydrogen) atoms. The lowest BCUT2D eigenvalue weighted by Gasteiger charge is -2.10. The third kappa shape index (κ3) is 2.71. The Morgan fingerprint density at radius 1 is 1.60 bits per heavy atom. The summed E-state index contributed by atoms with van der Waals surface area (Å²) in [6, 6.07) is 2.64. The summed E-state index contributed by atoms with van der Waals surface area (Å²) in [6.07, 6.45) is 0.217. The van der Waals surface area contributed by atoms with Gasteiger partial charge < -0.3 is 10.8 Å². The van der Waals surface area contributed by atoms with Gasteiger partial charge in [-0.05, 0) is 12.5 Å². The third-order valence-corrected chi connectivity index (χ3v) is 2.03. The fourth-order valence-electron chi connectivity index (χ4n) is 1.22. The van der Waals surface area contributed by atoms with Gasteiger partial charge in [-0.25, -0.2) is 4.39 Å². The molecule has 0 aliphatic heterocycles. The van der Waals surface area contributed by atoms with Crippen LogP contribution in [0.1, 0.15) is 18.0 Å². The predicted molar refractivity (Wildman–Crippen MR) is 51.7 cm³/mol. The van der Waals surface area contributed by atoms with Crippen LogP contribution < -0.4 is 5.73 Å². The SMILES string of the molecule is N[C@@H](CCO)c1ccc([N+](=O)[O-])cc1F. The van der Waals surface area contributed by atoms with Crippen LogP contribution >= 0.6 is 0 Å². The van der Waals surface area contributed by atoms with Crippen LogP contribution in [0, 0.1) is 15.9 Å². The molecule has 0 aliphatic rings. The first-order valence-corrected chi connectivity index (χ1v) is 4.36. The molecule has 0 amide bonds. The van der Waals surface area contributed by atoms with Crippen molar-refractivity contribution in [1.29, 1.82) is 0 Å². The molecule has 0 saturated carbocycles. The highest BCUT2D eigenvalue weighted by Crippen LogP contribution is 2.22. The number of nitro benzene ring substituents is 1. The van der Waals surface area contributed by atoms with Gasteiger partial charge in [0, 0.05) is 24.3 Å². The summed E-state index contributed by atoms with van der Waals surface area (Å²) in [4.78, 5) is 9.65. The molecule has 1 rings (SSSR count). The Bertz CT molecular complexity index is 370. The molecule has 0 heterocycles. The van der Waals surface area contributed by atoms with E-state index in [0.717, 1.165) is 6.07 Å². The fraction of sp³-hybridized carbons (Fsp3) is 0.333. The highest BCUT2D eigenvalue weighted by Gasteiger charge is 2.15. The van der Waals surface area contributed by atoms with Crippen molar-refractivity contribution < 1.29 is 14.4 Å². The Morgan fingerprint density at radius 3 is 2.73 bits per heavy atom. The van der Waals surface area contributed by atoms with Crippen LogP contribution in [-0.4, -0.2) is 16.6 Å². The van der Waals surface area contributed by atoms with E-state index in [1.807, 2.05) is 0 Å². The average Bonchev–Trinajstić information content (AvgIpc) is 2.17. The Labute approximate surface area is 85.5 Å². The molecular weight excluding hydrogens is 203 g/mol. The monoisotopic (exact) mass is 214 g/mol. The van der Waals surface area contributed by atoms with E-state index in [9.17, 15) is 14.5 Å². The summed E-state index contributed by atoms with van der Waals surface area (Å²) in [7, 11) is 0. The number of nitrogens with two attached hydrogens (primary N) is 1. The zero-order chi connectivity index (χ0) is 11.4. The van der Waals surface area contributed by atoms with Gasteiger partial charge >= 0.3 is 0 Å². The van der Waals surface area contributed by atoms with Crippen LogP contribution in [0.5, 0.6) is 0 Å². The summed E-state index contributed by atoms with van der Waals surface area (Å²) < 4.78 is 13.3. The molecule has 0 fully saturated rings. The molecule has 3 N–H and O–H groups in total. The first-order valence-electron chi connectivity index (χ1n) is 4.36. The summed E-state index contributed by atoms with van der Waals surface area (Å²) in [5.74, 6) is -0.717. The van der Waals surface area contributed by atoms with Crippen LogP contribution in [0.2, 0.25) is 0 Å². The van der Waals surface area contributed by atoms with Gasteiger partial charge in [0.05, 0.1) is 11.0 Å². The molecule has 5 nitrogen and oxygen atoms in total. The Balaban J connectivity index is 2.97. The second-order valence-corrected chi connectivity index (χ2v) is 3.08. The largest absolute Gasteiger partial charge is 0.396 e. The normalized spacial score (nSPS) is 12.5. The van der Waals surface area contributed by atoms with Gasteiger partial charge in [0.1, 0.15) is 5.82 Å². The van der Waals surface area contributed by atoms with E-state index < -0.39 is 16.8 Å². The molecule has 0 bridgehead atoms. The number of hydrogen-bond acceptors (Lipinski definition) is 4. The van der Waals surface area contributed by atoms with E-state index in [0.29, 0.717) is 0 Å². The number of rotatable bonds is 4. The van der Waals surface area contributed by atoms with Gasteiger partial charge in [-0.1, -0.05) is 0 Å². The lowest BCUT2D eigenvalue weighted by molar-refractivity contribution is -0.385. The number of halogens is 1. The van der Waals surface area contributed by atoms with Crippen molar-refractivity contribution >= 4 is 5.69 Å². The quantitative estimate of drug-likeness (QED) is 0.580. The third-order valence-electron chi connectivity index (χ3n) is 2.03. The van der Waals surface area contributed by atoms with Crippen LogP contribution in [-0.2, 0) is 0 Å². The van der Waals surface area contributed by atoms with Gasteiger partial charge in [0.25, 0.3) is 5.69 Å². The van der Waals surface area contributed by atoms with Gasteiger partial charge in [-0.2, -0.15) is 0 Å². The van der Waals surface area contributed by atoms with E-state index in [1.54, 1.807) is 0 Å². The molecule has 1 atom stereocenters. The maximum Gasteiger partial charge on any atom is 0.272 e. The molecule has 1 aromatic carbocycles. The van der Waals surface area contributed by atoms with Crippen molar-refractivity contribution in [3.63, 3.8) is 0 Å². The standard InChI is InChI=1S/C9H11FN2O3/c10-8-5-6(12(14)15)1-2-7(8)9(11)3-4-13/h1-2,5,9,13H,3-4,11H2/t9-/m0/s1. The maximum atomic E-state index is 13.3. The number of benzene rings is 1. The van der Waals surface area contributed by atoms with Crippen molar-refractivity contribution in [2.75, 3.05) is 6.61 Å². The summed E-state index contributed by atoms with van der Waals surface area (Å²) in [5.41, 5.74) is 5.43. The minimum atomic E-state index is -0.717. The molecule has 6 heteroatoms. The number of nitrogens with zero attached hydrogens (tertiary/aromatic N) is 1. The van der Waals surface area contributed by atoms with E-state index in [2.05, 4.69) is 0 Å². The zero-order valence-electron chi connectivity index (χ0n) is 7.89. The highest BCUT2D eigenvalue weighted by molar-refractivity contribution is 5.35. The highest BCUT2D eigenvalue weighted by atomic mass is 19.1. The lowest BCUT2D eigenvalue weighted by atomic mass is 10.0. The van der Waals surface area contributed by atoms with E-state index >= 15 is 0 Å². The Morgan fingerprint density at radius 2 is 2.27 bits per heavy atom. The van der Waals surface area contributed by atoms with Crippen molar-refractivity contribution in [2.45, 2.75) is 12.5 Å². The molecule has 0 saturated heterocycles. The molecule has 0 aliphatic carbocycles. The summed E-state index contributed by atoms with van der Waals surface area (Å²) >= 11 is 0. The minimum Gasteiger partial charge on any atom is -0.396 e. The first-order chi connectivity index (χ1) is 7.06. The maximum absolute atomic E-state index is 13.3. The van der Waals surface area contributed by atoms with Crippen LogP contribution in [0.15, 0.2) is 18.2 Å². The smallest absolute Gasteiger partial charge is 0.272 e. The van der Waals surface area contributed by atoms with Crippen molar-refractivity contribution in [1.82, 2.24) is 0 Å². The number of hydrogen-bond donors (Lipinski definition) is 2. The molecule has 0 spiro atoms. The molecule has 0 aromatic heterocycles. The summed E-state index contributed by atoms with van der Waals surface area (Å²) in [6.45, 7) is -0.155. The van der Waals surface area contributed by atoms with Crippen molar-refractivity contribution in [2.24, 2.45) is 5.73 Å². The topological polar surface area (TPSA) is 89.4 Å². The molecule has 1 aromatic rings. The Hall–Kier alpha value is -1.53. The number of aliphatic hydroxyl groups excluding tert-OH is 1. The van der Waals surface area contributed by atoms with Gasteiger partial charge in [-0.15, -0.1) is 0 Å². The van der Waals surface area contributed by atoms with Gasteiger partial charge in [0.15, 0.2) is 0 Å². The van der Waals surface area contributed by atoms with Gasteiger partial charge in [-0.3, -0.25) is 10.1 Å². The van der Waals surface area contributed by atoms with Crippen molar-refractivity contribution in [3.05, 3.63) is 39.7 Å². The van der Waals surface area contributed by atoms with Crippen LogP contribution in [0.4, 0.5) is 10.1 Å². The lowest BCUT2D eigenvalue weighted by Crippen LogP contribution is -2.13. The second kappa shape index (κ2) is 4.81. The van der Waals surface area contributed by atoms with Crippen molar-refractivity contribution in [3.8, 4) is 0 Å². The zero-order valence-corrected chi connectivity index (χ0v) is 7.89. The van der Waals surface area contributed by atoms with Gasteiger partial charge in [0.2, 0.25) is 0 Å². The second-order valence-electron chi connectivity index (χ2n) is 3.08. The molecule has 0 radical (unpaired) electrons. The molecular formula is C9H11FN2O3. The average molecular weight is 214 g/mol. The summed E-state index contributed by atoms with van der Waals surface area (Å²) in [5, 5.41) is 18.9. The number of non-ortho nitro benzene ring substituents is 1. The number of aliphatic hydroxyl groups is 1.